The SMILES string of the molecule is CC(NC(=O)OC(C)(C)C)c1cc(F)ccc1OCCCCNc1c([N+](=O)[O-])cnc2ccc(Br)cc12. The smallest absolute Gasteiger partial charge is 0.408 e. The van der Waals surface area contributed by atoms with Gasteiger partial charge in [-0.1, -0.05) is 15.9 Å². The number of carbonyl (C=O) groups is 1. The molecule has 0 aliphatic rings. The van der Waals surface area contributed by atoms with Gasteiger partial charge in [-0.2, -0.15) is 0 Å². The molecule has 11 heteroatoms. The quantitative estimate of drug-likeness (QED) is 0.153. The van der Waals surface area contributed by atoms with E-state index in [1.54, 1.807) is 39.8 Å². The number of benzene rings is 2. The molecular weight excluding hydrogens is 547 g/mol. The highest BCUT2D eigenvalue weighted by Crippen LogP contribution is 2.33. The van der Waals surface area contributed by atoms with Crippen LogP contribution in [0, 0.1) is 15.9 Å². The summed E-state index contributed by atoms with van der Waals surface area (Å²) in [4.78, 5) is 27.4. The Morgan fingerprint density at radius 1 is 1.22 bits per heavy atom. The number of ether oxygens (including phenoxy) is 2. The van der Waals surface area contributed by atoms with Gasteiger partial charge >= 0.3 is 11.8 Å². The van der Waals surface area contributed by atoms with E-state index in [1.807, 2.05) is 6.07 Å². The normalized spacial score (nSPS) is 12.2. The van der Waals surface area contributed by atoms with E-state index in [-0.39, 0.29) is 5.69 Å². The van der Waals surface area contributed by atoms with Crippen LogP contribution in [0.2, 0.25) is 0 Å². The van der Waals surface area contributed by atoms with Crippen LogP contribution in [0.1, 0.15) is 52.1 Å². The Bertz CT molecular complexity index is 1280. The Labute approximate surface area is 223 Å². The summed E-state index contributed by atoms with van der Waals surface area (Å²) in [6.07, 6.45) is 1.95. The molecule has 3 aromatic rings. The first-order valence-corrected chi connectivity index (χ1v) is 12.6. The molecule has 0 spiro atoms. The summed E-state index contributed by atoms with van der Waals surface area (Å²) in [5.41, 5.74) is 0.814. The van der Waals surface area contributed by atoms with Gasteiger partial charge < -0.3 is 20.1 Å². The van der Waals surface area contributed by atoms with E-state index in [2.05, 4.69) is 31.5 Å². The maximum atomic E-state index is 13.9. The van der Waals surface area contributed by atoms with E-state index >= 15 is 0 Å². The molecule has 1 unspecified atom stereocenters. The fraction of sp³-hybridized carbons (Fsp3) is 0.385. The molecule has 198 valence electrons. The monoisotopic (exact) mass is 576 g/mol. The van der Waals surface area contributed by atoms with Crippen LogP contribution >= 0.6 is 15.9 Å². The van der Waals surface area contributed by atoms with E-state index in [0.29, 0.717) is 53.9 Å². The Kier molecular flexibility index (Phi) is 9.25. The molecule has 0 saturated carbocycles. The molecule has 37 heavy (non-hydrogen) atoms. The number of hydrogen-bond acceptors (Lipinski definition) is 7. The van der Waals surface area contributed by atoms with Gasteiger partial charge in [-0.15, -0.1) is 0 Å². The highest BCUT2D eigenvalue weighted by atomic mass is 79.9. The predicted octanol–water partition coefficient (Wildman–Crippen LogP) is 6.90. The van der Waals surface area contributed by atoms with Crippen molar-refractivity contribution >= 4 is 44.3 Å². The lowest BCUT2D eigenvalue weighted by Gasteiger charge is -2.23. The molecule has 1 aromatic heterocycles. The number of nitro groups is 1. The molecule has 0 saturated heterocycles. The van der Waals surface area contributed by atoms with Gasteiger partial charge in [0.25, 0.3) is 0 Å². The number of nitrogens with one attached hydrogen (secondary N) is 2. The Morgan fingerprint density at radius 2 is 1.97 bits per heavy atom. The minimum Gasteiger partial charge on any atom is -0.493 e. The van der Waals surface area contributed by atoms with Crippen molar-refractivity contribution in [3.05, 3.63) is 68.6 Å². The summed E-state index contributed by atoms with van der Waals surface area (Å²) >= 11 is 3.40. The third kappa shape index (κ3) is 8.01. The lowest BCUT2D eigenvalue weighted by atomic mass is 10.1. The van der Waals surface area contributed by atoms with Crippen LogP contribution < -0.4 is 15.4 Å². The largest absolute Gasteiger partial charge is 0.493 e. The maximum absolute atomic E-state index is 13.9. The van der Waals surface area contributed by atoms with Gasteiger partial charge in [-0.3, -0.25) is 10.1 Å². The molecule has 1 heterocycles. The number of nitrogens with zero attached hydrogens (tertiary/aromatic N) is 2. The van der Waals surface area contributed by atoms with E-state index < -0.39 is 28.5 Å². The first-order chi connectivity index (χ1) is 17.4. The molecular formula is C26H30BrFN4O5. The van der Waals surface area contributed by atoms with Gasteiger partial charge in [0.1, 0.15) is 29.1 Å². The zero-order valence-corrected chi connectivity index (χ0v) is 22.7. The van der Waals surface area contributed by atoms with Gasteiger partial charge in [0.15, 0.2) is 0 Å². The number of unbranched alkanes of at least 4 members (excludes halogenated alkanes) is 1. The predicted molar refractivity (Wildman–Crippen MR) is 144 cm³/mol. The molecule has 0 aliphatic carbocycles. The summed E-state index contributed by atoms with van der Waals surface area (Å²) in [6.45, 7) is 7.82. The topological polar surface area (TPSA) is 116 Å². The maximum Gasteiger partial charge on any atom is 0.408 e. The number of pyridine rings is 1. The standard InChI is InChI=1S/C26H30BrFN4O5/c1-16(31-25(33)37-26(2,3)4)19-14-18(28)8-10-23(19)36-12-6-5-11-29-24-20-13-17(27)7-9-21(20)30-15-22(24)32(34)35/h7-10,13-16H,5-6,11-12H2,1-4H3,(H,29,30)(H,31,33). The zero-order valence-electron chi connectivity index (χ0n) is 21.1. The van der Waals surface area contributed by atoms with E-state index in [1.165, 1.54) is 24.4 Å². The molecule has 0 fully saturated rings. The van der Waals surface area contributed by atoms with E-state index in [4.69, 9.17) is 9.47 Å². The highest BCUT2D eigenvalue weighted by Gasteiger charge is 2.21. The van der Waals surface area contributed by atoms with Crippen LogP contribution in [-0.4, -0.2) is 34.8 Å². The number of fused-ring (bicyclic) bond motifs is 1. The van der Waals surface area contributed by atoms with Crippen molar-refractivity contribution in [3.63, 3.8) is 0 Å². The molecule has 3 rings (SSSR count). The molecule has 2 N–H and O–H groups in total. The lowest BCUT2D eigenvalue weighted by Crippen LogP contribution is -2.34. The fourth-order valence-corrected chi connectivity index (χ4v) is 4.01. The average molecular weight is 577 g/mol. The van der Waals surface area contributed by atoms with Crippen LogP contribution in [0.25, 0.3) is 10.9 Å². The molecule has 2 aromatic carbocycles. The van der Waals surface area contributed by atoms with Gasteiger partial charge in [0, 0.05) is 22.0 Å². The Balaban J connectivity index is 1.58. The number of carbonyl (C=O) groups excluding carboxylic acids is 1. The summed E-state index contributed by atoms with van der Waals surface area (Å²) in [5.74, 6) is 0.0146. The van der Waals surface area contributed by atoms with Gasteiger partial charge in [-0.25, -0.2) is 14.2 Å². The summed E-state index contributed by atoms with van der Waals surface area (Å²) in [7, 11) is 0. The summed E-state index contributed by atoms with van der Waals surface area (Å²) in [6, 6.07) is 9.03. The highest BCUT2D eigenvalue weighted by molar-refractivity contribution is 9.10. The average Bonchev–Trinajstić information content (AvgIpc) is 2.80. The van der Waals surface area contributed by atoms with Crippen LogP contribution in [0.3, 0.4) is 0 Å². The second-order valence-corrected chi connectivity index (χ2v) is 10.4. The van der Waals surface area contributed by atoms with Crippen LogP contribution in [0.15, 0.2) is 47.1 Å². The van der Waals surface area contributed by atoms with Gasteiger partial charge in [0.2, 0.25) is 0 Å². The minimum atomic E-state index is -0.654. The third-order valence-electron chi connectivity index (χ3n) is 5.31. The number of halogens is 2. The van der Waals surface area contributed by atoms with Gasteiger partial charge in [0.05, 0.1) is 23.1 Å². The van der Waals surface area contributed by atoms with Crippen molar-refractivity contribution in [1.29, 1.82) is 0 Å². The van der Waals surface area contributed by atoms with Crippen molar-refractivity contribution in [1.82, 2.24) is 10.3 Å². The molecule has 1 atom stereocenters. The van der Waals surface area contributed by atoms with Crippen LogP contribution in [-0.2, 0) is 4.74 Å². The third-order valence-corrected chi connectivity index (χ3v) is 5.80. The number of alkyl carbamates (subject to hydrolysis) is 1. The van der Waals surface area contributed by atoms with Crippen molar-refractivity contribution in [2.75, 3.05) is 18.5 Å². The zero-order chi connectivity index (χ0) is 27.2. The Hall–Kier alpha value is -3.47. The number of hydrogen-bond donors (Lipinski definition) is 2. The molecule has 0 aliphatic heterocycles. The van der Waals surface area contributed by atoms with Crippen LogP contribution in [0.5, 0.6) is 5.75 Å². The van der Waals surface area contributed by atoms with E-state index in [0.717, 1.165) is 4.47 Å². The van der Waals surface area contributed by atoms with Crippen molar-refractivity contribution in [3.8, 4) is 5.75 Å². The number of aromatic nitrogens is 1. The summed E-state index contributed by atoms with van der Waals surface area (Å²) in [5, 5.41) is 18.0. The lowest BCUT2D eigenvalue weighted by molar-refractivity contribution is -0.384. The Morgan fingerprint density at radius 3 is 2.68 bits per heavy atom. The molecule has 0 radical (unpaired) electrons. The number of rotatable bonds is 10. The van der Waals surface area contributed by atoms with Crippen molar-refractivity contribution in [2.24, 2.45) is 0 Å². The fourth-order valence-electron chi connectivity index (χ4n) is 3.65. The van der Waals surface area contributed by atoms with Crippen molar-refractivity contribution in [2.45, 2.75) is 52.2 Å². The second kappa shape index (κ2) is 12.2. The molecule has 0 bridgehead atoms. The van der Waals surface area contributed by atoms with Gasteiger partial charge in [-0.05, 0) is 76.9 Å². The summed E-state index contributed by atoms with van der Waals surface area (Å²) < 4.78 is 25.9. The first kappa shape index (κ1) is 28.1. The second-order valence-electron chi connectivity index (χ2n) is 9.47. The molecule has 9 nitrogen and oxygen atoms in total. The van der Waals surface area contributed by atoms with E-state index in [9.17, 15) is 19.3 Å². The number of amides is 1. The minimum absolute atomic E-state index is 0.0933. The van der Waals surface area contributed by atoms with Crippen LogP contribution in [0.4, 0.5) is 20.6 Å². The van der Waals surface area contributed by atoms with Crippen molar-refractivity contribution < 1.29 is 23.6 Å². The number of anilines is 1. The molecule has 1 amide bonds. The first-order valence-electron chi connectivity index (χ1n) is 11.8.